The summed E-state index contributed by atoms with van der Waals surface area (Å²) >= 11 is 0. The quantitative estimate of drug-likeness (QED) is 0.535. The minimum Gasteiger partial charge on any atom is -0.305 e. The van der Waals surface area contributed by atoms with Crippen molar-refractivity contribution in [2.45, 2.75) is 13.3 Å². The molecule has 0 atom stereocenters. The Morgan fingerprint density at radius 3 is 2.42 bits per heavy atom. The molecule has 0 aliphatic carbocycles. The fraction of sp³-hybridized carbons (Fsp3) is 0.200. The Morgan fingerprint density at radius 1 is 1.42 bits per heavy atom. The Bertz CT molecular complexity index is 287. The summed E-state index contributed by atoms with van der Waals surface area (Å²) in [5, 5.41) is 6.77. The van der Waals surface area contributed by atoms with Gasteiger partial charge in [-0.2, -0.15) is 0 Å². The number of benzene rings is 1. The number of carbonyl (C=O) groups excluding carboxylic acids is 1. The van der Waals surface area contributed by atoms with Crippen molar-refractivity contribution in [3.05, 3.63) is 35.4 Å². The van der Waals surface area contributed by atoms with E-state index in [-0.39, 0.29) is 5.78 Å². The molecule has 0 saturated carbocycles. The van der Waals surface area contributed by atoms with Gasteiger partial charge in [0.2, 0.25) is 5.78 Å². The average molecular weight is 161 g/mol. The summed E-state index contributed by atoms with van der Waals surface area (Å²) in [4.78, 5) is 11.0. The monoisotopic (exact) mass is 161 g/mol. The maximum Gasteiger partial charge on any atom is 0.203 e. The van der Waals surface area contributed by atoms with Gasteiger partial charge >= 0.3 is 0 Å². The summed E-state index contributed by atoms with van der Waals surface area (Å²) < 4.78 is 0. The lowest BCUT2D eigenvalue weighted by Crippen LogP contribution is -1.98. The highest BCUT2D eigenvalue weighted by Crippen LogP contribution is 2.04. The molecule has 1 rings (SSSR count). The van der Waals surface area contributed by atoms with E-state index in [2.05, 4.69) is 6.92 Å². The van der Waals surface area contributed by atoms with Crippen LogP contribution in [0.2, 0.25) is 0 Å². The van der Waals surface area contributed by atoms with E-state index in [0.29, 0.717) is 5.56 Å². The molecule has 1 aromatic carbocycles. The summed E-state index contributed by atoms with van der Waals surface area (Å²) in [6.07, 6.45) is 1.81. The van der Waals surface area contributed by atoms with Crippen molar-refractivity contribution in [2.24, 2.45) is 0 Å². The van der Waals surface area contributed by atoms with E-state index in [9.17, 15) is 4.79 Å². The van der Waals surface area contributed by atoms with Crippen LogP contribution >= 0.6 is 0 Å². The van der Waals surface area contributed by atoms with Gasteiger partial charge in [-0.05, 0) is 12.0 Å². The second-order valence-electron chi connectivity index (χ2n) is 2.56. The van der Waals surface area contributed by atoms with Gasteiger partial charge < -0.3 is 5.41 Å². The van der Waals surface area contributed by atoms with Crippen molar-refractivity contribution in [3.63, 3.8) is 0 Å². The molecule has 0 amide bonds. The molecule has 2 nitrogen and oxygen atoms in total. The molecule has 1 N–H and O–H groups in total. The average Bonchev–Trinajstić information content (AvgIpc) is 2.17. The molecule has 0 radical (unpaired) electrons. The zero-order valence-corrected chi connectivity index (χ0v) is 7.00. The molecule has 0 heterocycles. The molecule has 0 aliphatic heterocycles. The second kappa shape index (κ2) is 3.81. The lowest BCUT2D eigenvalue weighted by molar-refractivity contribution is 0.107. The standard InChI is InChI=1S/C10H11NO/c1-2-8-3-5-9(6-4-8)10(12)7-11/h3-7,11H,2H2,1H3. The molecule has 0 fully saturated rings. The molecular weight excluding hydrogens is 150 g/mol. The minimum absolute atomic E-state index is 0.238. The van der Waals surface area contributed by atoms with Crippen molar-refractivity contribution in [1.29, 1.82) is 5.41 Å². The molecule has 0 unspecified atom stereocenters. The number of rotatable bonds is 3. The van der Waals surface area contributed by atoms with Crippen LogP contribution in [0, 0.1) is 5.41 Å². The molecule has 1 aromatic rings. The Hall–Kier alpha value is -1.44. The third-order valence-electron chi connectivity index (χ3n) is 1.78. The molecule has 0 bridgehead atoms. The number of ketones is 1. The normalized spacial score (nSPS) is 9.42. The highest BCUT2D eigenvalue weighted by Gasteiger charge is 1.99. The molecule has 0 spiro atoms. The maximum atomic E-state index is 11.0. The highest BCUT2D eigenvalue weighted by molar-refractivity contribution is 6.34. The van der Waals surface area contributed by atoms with Crippen molar-refractivity contribution in [2.75, 3.05) is 0 Å². The molecular formula is C10H11NO. The predicted octanol–water partition coefficient (Wildman–Crippen LogP) is 2.08. The van der Waals surface area contributed by atoms with E-state index in [1.807, 2.05) is 12.1 Å². The van der Waals surface area contributed by atoms with Crippen LogP contribution in [0.1, 0.15) is 22.8 Å². The van der Waals surface area contributed by atoms with E-state index in [4.69, 9.17) is 5.41 Å². The van der Waals surface area contributed by atoms with Crippen LogP contribution in [-0.2, 0) is 6.42 Å². The van der Waals surface area contributed by atoms with E-state index in [0.717, 1.165) is 12.6 Å². The van der Waals surface area contributed by atoms with Gasteiger partial charge in [-0.25, -0.2) is 0 Å². The van der Waals surface area contributed by atoms with Crippen LogP contribution in [0.3, 0.4) is 0 Å². The molecule has 62 valence electrons. The van der Waals surface area contributed by atoms with Gasteiger partial charge in [-0.3, -0.25) is 4.79 Å². The van der Waals surface area contributed by atoms with Crippen molar-refractivity contribution >= 4 is 12.0 Å². The molecule has 2 heteroatoms. The van der Waals surface area contributed by atoms with Gasteiger partial charge in [0.1, 0.15) is 0 Å². The largest absolute Gasteiger partial charge is 0.305 e. The zero-order chi connectivity index (χ0) is 8.97. The van der Waals surface area contributed by atoms with Gasteiger partial charge in [0.05, 0.1) is 6.21 Å². The van der Waals surface area contributed by atoms with E-state index in [1.54, 1.807) is 12.1 Å². The molecule has 0 saturated heterocycles. The Labute approximate surface area is 71.7 Å². The van der Waals surface area contributed by atoms with Gasteiger partial charge in [-0.1, -0.05) is 31.2 Å². The first-order valence-electron chi connectivity index (χ1n) is 3.91. The topological polar surface area (TPSA) is 40.9 Å². The lowest BCUT2D eigenvalue weighted by atomic mass is 10.1. The molecule has 0 aromatic heterocycles. The van der Waals surface area contributed by atoms with Crippen LogP contribution in [0.15, 0.2) is 24.3 Å². The van der Waals surface area contributed by atoms with Crippen molar-refractivity contribution < 1.29 is 4.79 Å². The first-order chi connectivity index (χ1) is 5.77. The maximum absolute atomic E-state index is 11.0. The number of aryl methyl sites for hydroxylation is 1. The summed E-state index contributed by atoms with van der Waals surface area (Å²) in [5.41, 5.74) is 1.79. The van der Waals surface area contributed by atoms with Crippen molar-refractivity contribution in [1.82, 2.24) is 0 Å². The van der Waals surface area contributed by atoms with Crippen LogP contribution in [0.5, 0.6) is 0 Å². The third kappa shape index (κ3) is 1.78. The van der Waals surface area contributed by atoms with Crippen LogP contribution < -0.4 is 0 Å². The Balaban J connectivity index is 2.91. The fourth-order valence-electron chi connectivity index (χ4n) is 0.988. The second-order valence-corrected chi connectivity index (χ2v) is 2.56. The Morgan fingerprint density at radius 2 is 2.00 bits per heavy atom. The highest BCUT2D eigenvalue weighted by atomic mass is 16.1. The third-order valence-corrected chi connectivity index (χ3v) is 1.78. The summed E-state index contributed by atoms with van der Waals surface area (Å²) in [6.45, 7) is 2.06. The first kappa shape index (κ1) is 8.65. The van der Waals surface area contributed by atoms with Crippen molar-refractivity contribution in [3.8, 4) is 0 Å². The SMILES string of the molecule is CCc1ccc(C(=O)C=N)cc1. The fourth-order valence-corrected chi connectivity index (χ4v) is 0.988. The number of carbonyl (C=O) groups is 1. The van der Waals surface area contributed by atoms with Crippen LogP contribution in [0.25, 0.3) is 0 Å². The zero-order valence-electron chi connectivity index (χ0n) is 7.00. The first-order valence-corrected chi connectivity index (χ1v) is 3.91. The van der Waals surface area contributed by atoms with Gasteiger partial charge in [0.15, 0.2) is 0 Å². The van der Waals surface area contributed by atoms with Gasteiger partial charge in [0, 0.05) is 5.56 Å². The molecule has 0 aliphatic rings. The smallest absolute Gasteiger partial charge is 0.203 e. The lowest BCUT2D eigenvalue weighted by Gasteiger charge is -1.97. The summed E-state index contributed by atoms with van der Waals surface area (Å²) in [7, 11) is 0. The van der Waals surface area contributed by atoms with Crippen LogP contribution in [0.4, 0.5) is 0 Å². The number of hydrogen-bond donors (Lipinski definition) is 1. The number of nitrogens with one attached hydrogen (secondary N) is 1. The number of hydrogen-bond acceptors (Lipinski definition) is 2. The summed E-state index contributed by atoms with van der Waals surface area (Å²) in [6, 6.07) is 7.34. The van der Waals surface area contributed by atoms with Gasteiger partial charge in [-0.15, -0.1) is 0 Å². The van der Waals surface area contributed by atoms with E-state index < -0.39 is 0 Å². The van der Waals surface area contributed by atoms with Crippen LogP contribution in [-0.4, -0.2) is 12.0 Å². The minimum atomic E-state index is -0.238. The summed E-state index contributed by atoms with van der Waals surface area (Å²) in [5.74, 6) is -0.238. The molecule has 12 heavy (non-hydrogen) atoms. The van der Waals surface area contributed by atoms with Gasteiger partial charge in [0.25, 0.3) is 0 Å². The number of Topliss-reactive ketones (excluding diaryl/α,β-unsaturated/α-hetero) is 1. The Kier molecular flexibility index (Phi) is 2.75. The predicted molar refractivity (Wildman–Crippen MR) is 48.9 cm³/mol. The van der Waals surface area contributed by atoms with E-state index in [1.165, 1.54) is 5.56 Å². The van der Waals surface area contributed by atoms with E-state index >= 15 is 0 Å².